The number of fused-ring (bicyclic) bond motifs is 1. The molecule has 0 aliphatic rings. The zero-order valence-corrected chi connectivity index (χ0v) is 15.3. The van der Waals surface area contributed by atoms with Gasteiger partial charge >= 0.3 is 0 Å². The van der Waals surface area contributed by atoms with Gasteiger partial charge in [-0.1, -0.05) is 54.1 Å². The number of benzene rings is 2. The molecule has 0 aliphatic carbocycles. The number of aromatic amines is 2. The average molecular weight is 395 g/mol. The van der Waals surface area contributed by atoms with Crippen molar-refractivity contribution >= 4 is 23.2 Å². The van der Waals surface area contributed by atoms with E-state index in [0.29, 0.717) is 16.3 Å². The van der Waals surface area contributed by atoms with Crippen LogP contribution < -0.4 is 16.4 Å². The summed E-state index contributed by atoms with van der Waals surface area (Å²) in [6.45, 7) is 0.259. The molecule has 0 spiro atoms. The van der Waals surface area contributed by atoms with Crippen LogP contribution in [0.2, 0.25) is 5.02 Å². The first kappa shape index (κ1) is 17.8. The molecular weight excluding hydrogens is 380 g/mol. The van der Waals surface area contributed by atoms with E-state index in [1.165, 1.54) is 6.07 Å². The number of rotatable bonds is 4. The third kappa shape index (κ3) is 3.35. The maximum atomic E-state index is 12.6. The van der Waals surface area contributed by atoms with Gasteiger partial charge in [0.25, 0.3) is 17.0 Å². The first-order valence-electron chi connectivity index (χ1n) is 8.49. The molecule has 8 heteroatoms. The van der Waals surface area contributed by atoms with E-state index in [1.54, 1.807) is 24.3 Å². The van der Waals surface area contributed by atoms with Crippen LogP contribution in [0.1, 0.15) is 15.9 Å². The monoisotopic (exact) mass is 394 g/mol. The van der Waals surface area contributed by atoms with Crippen LogP contribution in [-0.4, -0.2) is 20.5 Å². The topological polar surface area (TPSA) is 99.2 Å². The van der Waals surface area contributed by atoms with Gasteiger partial charge in [0.1, 0.15) is 5.56 Å². The Balaban J connectivity index is 1.76. The van der Waals surface area contributed by atoms with Crippen molar-refractivity contribution in [2.45, 2.75) is 6.54 Å². The fraction of sp³-hybridized carbons (Fsp3) is 0.0500. The second-order valence-corrected chi connectivity index (χ2v) is 6.64. The second-order valence-electron chi connectivity index (χ2n) is 6.20. The molecule has 0 aliphatic heterocycles. The molecule has 0 atom stereocenters. The normalized spacial score (nSPS) is 10.9. The van der Waals surface area contributed by atoms with E-state index in [-0.39, 0.29) is 17.8 Å². The summed E-state index contributed by atoms with van der Waals surface area (Å²) in [5.41, 5.74) is 0.823. The smallest absolute Gasteiger partial charge is 0.279 e. The minimum Gasteiger partial charge on any atom is -0.348 e. The molecule has 4 aromatic rings. The summed E-state index contributed by atoms with van der Waals surface area (Å²) in [5.74, 6) is -0.577. The molecule has 1 amide bonds. The predicted octanol–water partition coefficient (Wildman–Crippen LogP) is 2.57. The zero-order valence-electron chi connectivity index (χ0n) is 14.5. The third-order valence-electron chi connectivity index (χ3n) is 4.30. The molecule has 3 N–H and O–H groups in total. The van der Waals surface area contributed by atoms with E-state index in [9.17, 15) is 14.4 Å². The molecule has 2 aromatic heterocycles. The number of amides is 1. The lowest BCUT2D eigenvalue weighted by Crippen LogP contribution is -2.27. The number of hydrogen-bond donors (Lipinski definition) is 3. The molecule has 2 heterocycles. The molecule has 0 unspecified atom stereocenters. The van der Waals surface area contributed by atoms with Gasteiger partial charge in [0.2, 0.25) is 0 Å². The van der Waals surface area contributed by atoms with Crippen LogP contribution in [0, 0.1) is 0 Å². The Labute approximate surface area is 163 Å². The first-order chi connectivity index (χ1) is 13.5. The van der Waals surface area contributed by atoms with Gasteiger partial charge in [-0.2, -0.15) is 4.52 Å². The van der Waals surface area contributed by atoms with E-state index >= 15 is 0 Å². The lowest BCUT2D eigenvalue weighted by molar-refractivity contribution is 0.0951. The highest BCUT2D eigenvalue weighted by atomic mass is 35.5. The molecule has 0 saturated heterocycles. The van der Waals surface area contributed by atoms with Crippen molar-refractivity contribution in [3.05, 3.63) is 97.5 Å². The maximum Gasteiger partial charge on any atom is 0.279 e. The number of carbonyl (C=O) groups excluding carboxylic acids is 1. The maximum absolute atomic E-state index is 12.6. The van der Waals surface area contributed by atoms with E-state index < -0.39 is 17.0 Å². The van der Waals surface area contributed by atoms with Crippen molar-refractivity contribution in [3.63, 3.8) is 0 Å². The third-order valence-corrected chi connectivity index (χ3v) is 4.54. The SMILES string of the molecule is O=C(NCc1ccccc1)c1c(=O)[nH]n2c(=O)cc(-c3cccc(Cl)c3)[nH]c12. The molecule has 140 valence electrons. The molecule has 4 rings (SSSR count). The Kier molecular flexibility index (Phi) is 4.58. The van der Waals surface area contributed by atoms with E-state index in [4.69, 9.17) is 11.6 Å². The summed E-state index contributed by atoms with van der Waals surface area (Å²) >= 11 is 6.02. The summed E-state index contributed by atoms with van der Waals surface area (Å²) < 4.78 is 1.02. The molecule has 0 fully saturated rings. The molecule has 0 bridgehead atoms. The Hall–Kier alpha value is -3.58. The summed E-state index contributed by atoms with van der Waals surface area (Å²) in [7, 11) is 0. The number of aromatic nitrogens is 3. The average Bonchev–Trinajstić information content (AvgIpc) is 3.03. The highest BCUT2D eigenvalue weighted by Crippen LogP contribution is 2.20. The zero-order chi connectivity index (χ0) is 19.7. The molecular formula is C20H15ClN4O3. The van der Waals surface area contributed by atoms with Gasteiger partial charge in [0.15, 0.2) is 5.65 Å². The van der Waals surface area contributed by atoms with E-state index in [0.717, 1.165) is 10.1 Å². The lowest BCUT2D eigenvalue weighted by Gasteiger charge is -2.06. The number of nitrogens with one attached hydrogen (secondary N) is 3. The summed E-state index contributed by atoms with van der Waals surface area (Å²) in [5, 5.41) is 5.61. The standard InChI is InChI=1S/C20H15ClN4O3/c21-14-8-4-7-13(9-14)15-10-16(26)25-18(23-15)17(20(28)24-25)19(27)22-11-12-5-2-1-3-6-12/h1-10,23H,11H2,(H,22,27)(H,24,28). The fourth-order valence-corrected chi connectivity index (χ4v) is 3.15. The summed E-state index contributed by atoms with van der Waals surface area (Å²) in [4.78, 5) is 40.4. The Morgan fingerprint density at radius 2 is 1.82 bits per heavy atom. The van der Waals surface area contributed by atoms with Crippen LogP contribution in [-0.2, 0) is 6.54 Å². The van der Waals surface area contributed by atoms with Crippen molar-refractivity contribution in [2.75, 3.05) is 0 Å². The largest absolute Gasteiger partial charge is 0.348 e. The Bertz CT molecular complexity index is 1290. The summed E-state index contributed by atoms with van der Waals surface area (Å²) in [6.07, 6.45) is 0. The summed E-state index contributed by atoms with van der Waals surface area (Å²) in [6, 6.07) is 17.6. The van der Waals surface area contributed by atoms with Crippen molar-refractivity contribution in [2.24, 2.45) is 0 Å². The highest BCUT2D eigenvalue weighted by molar-refractivity contribution is 6.30. The highest BCUT2D eigenvalue weighted by Gasteiger charge is 2.20. The quantitative estimate of drug-likeness (QED) is 0.496. The molecule has 0 saturated carbocycles. The van der Waals surface area contributed by atoms with Crippen LogP contribution in [0.3, 0.4) is 0 Å². The van der Waals surface area contributed by atoms with Gasteiger partial charge in [-0.25, -0.2) is 0 Å². The minimum absolute atomic E-state index is 0.0954. The molecule has 0 radical (unpaired) electrons. The first-order valence-corrected chi connectivity index (χ1v) is 8.87. The molecule has 7 nitrogen and oxygen atoms in total. The second kappa shape index (κ2) is 7.21. The van der Waals surface area contributed by atoms with Gasteiger partial charge in [-0.15, -0.1) is 0 Å². The van der Waals surface area contributed by atoms with Gasteiger partial charge in [-0.3, -0.25) is 19.5 Å². The van der Waals surface area contributed by atoms with Gasteiger partial charge in [0.05, 0.1) is 5.69 Å². The number of carbonyl (C=O) groups is 1. The van der Waals surface area contributed by atoms with Crippen molar-refractivity contribution < 1.29 is 4.79 Å². The van der Waals surface area contributed by atoms with Crippen LogP contribution in [0.25, 0.3) is 16.9 Å². The number of H-pyrrole nitrogens is 2. The van der Waals surface area contributed by atoms with Gasteiger partial charge in [0, 0.05) is 17.6 Å². The van der Waals surface area contributed by atoms with Gasteiger partial charge < -0.3 is 10.3 Å². The van der Waals surface area contributed by atoms with Crippen LogP contribution in [0.4, 0.5) is 0 Å². The predicted molar refractivity (Wildman–Crippen MR) is 107 cm³/mol. The number of nitrogens with zero attached hydrogens (tertiary/aromatic N) is 1. The van der Waals surface area contributed by atoms with E-state index in [1.807, 2.05) is 30.3 Å². The van der Waals surface area contributed by atoms with Crippen LogP contribution >= 0.6 is 11.6 Å². The van der Waals surface area contributed by atoms with Crippen LogP contribution in [0.5, 0.6) is 0 Å². The Morgan fingerprint density at radius 1 is 1.04 bits per heavy atom. The van der Waals surface area contributed by atoms with Crippen LogP contribution in [0.15, 0.2) is 70.3 Å². The minimum atomic E-state index is -0.651. The number of halogens is 1. The number of hydrogen-bond acceptors (Lipinski definition) is 3. The van der Waals surface area contributed by atoms with Crippen molar-refractivity contribution in [3.8, 4) is 11.3 Å². The van der Waals surface area contributed by atoms with Crippen molar-refractivity contribution in [1.82, 2.24) is 19.9 Å². The van der Waals surface area contributed by atoms with Gasteiger partial charge in [-0.05, 0) is 23.3 Å². The molecule has 2 aromatic carbocycles. The Morgan fingerprint density at radius 3 is 2.57 bits per heavy atom. The van der Waals surface area contributed by atoms with E-state index in [2.05, 4.69) is 15.4 Å². The fourth-order valence-electron chi connectivity index (χ4n) is 2.96. The lowest BCUT2D eigenvalue weighted by atomic mass is 10.1. The van der Waals surface area contributed by atoms with Crippen molar-refractivity contribution in [1.29, 1.82) is 0 Å². The molecule has 28 heavy (non-hydrogen) atoms.